The summed E-state index contributed by atoms with van der Waals surface area (Å²) in [7, 11) is 1.34. The average molecular weight is 424 g/mol. The number of hydrogen-bond donors (Lipinski definition) is 1. The van der Waals surface area contributed by atoms with Gasteiger partial charge in [0.05, 0.1) is 7.11 Å². The molecule has 1 amide bonds. The molecule has 1 N–H and O–H groups in total. The van der Waals surface area contributed by atoms with Gasteiger partial charge in [-0.3, -0.25) is 4.79 Å². The first kappa shape index (κ1) is 21.6. The molecule has 0 saturated heterocycles. The fraction of sp³-hybridized carbons (Fsp3) is 0.250. The minimum Gasteiger partial charge on any atom is -0.483 e. The molecule has 0 saturated carbocycles. The van der Waals surface area contributed by atoms with E-state index in [-0.39, 0.29) is 12.5 Å². The van der Waals surface area contributed by atoms with Crippen LogP contribution < -0.4 is 10.1 Å². The van der Waals surface area contributed by atoms with Gasteiger partial charge in [-0.1, -0.05) is 48.0 Å². The van der Waals surface area contributed by atoms with E-state index in [0.717, 1.165) is 32.7 Å². The molecular formula is C24H25NO4S. The molecule has 0 fully saturated rings. The smallest absolute Gasteiger partial charge is 0.341 e. The maximum atomic E-state index is 12.6. The molecular weight excluding hydrogens is 398 g/mol. The molecule has 156 valence electrons. The number of anilines is 1. The number of hydrogen-bond acceptors (Lipinski definition) is 5. The molecule has 0 spiro atoms. The molecule has 2 aromatic carbocycles. The van der Waals surface area contributed by atoms with Crippen molar-refractivity contribution in [1.29, 1.82) is 0 Å². The molecule has 1 heterocycles. The monoisotopic (exact) mass is 423 g/mol. The van der Waals surface area contributed by atoms with Crippen molar-refractivity contribution >= 4 is 28.2 Å². The van der Waals surface area contributed by atoms with Crippen LogP contribution in [0.2, 0.25) is 0 Å². The maximum absolute atomic E-state index is 12.6. The SMILES string of the molecule is COC(=O)c1c(NC(=O)COc2c(C)cccc2C)sc(C)c1-c1ccc(C)cc1. The third-order valence-electron chi connectivity index (χ3n) is 4.82. The van der Waals surface area contributed by atoms with Crippen LogP contribution in [0.4, 0.5) is 5.00 Å². The zero-order chi connectivity index (χ0) is 21.8. The molecule has 1 aromatic heterocycles. The fourth-order valence-corrected chi connectivity index (χ4v) is 4.41. The van der Waals surface area contributed by atoms with Crippen molar-refractivity contribution in [2.24, 2.45) is 0 Å². The van der Waals surface area contributed by atoms with Gasteiger partial charge in [-0.05, 0) is 44.4 Å². The number of amides is 1. The van der Waals surface area contributed by atoms with E-state index < -0.39 is 5.97 Å². The van der Waals surface area contributed by atoms with Crippen molar-refractivity contribution in [3.8, 4) is 16.9 Å². The number of rotatable bonds is 6. The molecule has 0 aliphatic rings. The minimum atomic E-state index is -0.485. The summed E-state index contributed by atoms with van der Waals surface area (Å²) in [5, 5.41) is 3.29. The standard InChI is InChI=1S/C24H25NO4S/c1-14-9-11-18(12-10-14)20-17(4)30-23(21(20)24(27)28-5)25-19(26)13-29-22-15(2)7-6-8-16(22)3/h6-12H,13H2,1-5H3,(H,25,26). The molecule has 5 nitrogen and oxygen atoms in total. The first-order valence-electron chi connectivity index (χ1n) is 9.59. The molecule has 0 aliphatic carbocycles. The third-order valence-corrected chi connectivity index (χ3v) is 5.84. The Labute approximate surface area is 180 Å². The Morgan fingerprint density at radius 3 is 2.20 bits per heavy atom. The van der Waals surface area contributed by atoms with Crippen LogP contribution in [0, 0.1) is 27.7 Å². The molecule has 0 radical (unpaired) electrons. The molecule has 0 atom stereocenters. The van der Waals surface area contributed by atoms with Crippen molar-refractivity contribution < 1.29 is 19.1 Å². The maximum Gasteiger partial charge on any atom is 0.341 e. The van der Waals surface area contributed by atoms with E-state index in [1.807, 2.05) is 70.2 Å². The van der Waals surface area contributed by atoms with Crippen molar-refractivity contribution in [2.45, 2.75) is 27.7 Å². The van der Waals surface area contributed by atoms with Crippen LogP contribution in [-0.4, -0.2) is 25.6 Å². The van der Waals surface area contributed by atoms with Gasteiger partial charge >= 0.3 is 5.97 Å². The van der Waals surface area contributed by atoms with Gasteiger partial charge in [-0.15, -0.1) is 11.3 Å². The fourth-order valence-electron chi connectivity index (χ4n) is 3.32. The molecule has 30 heavy (non-hydrogen) atoms. The number of carbonyl (C=O) groups is 2. The van der Waals surface area contributed by atoms with Crippen LogP contribution in [0.5, 0.6) is 5.75 Å². The zero-order valence-electron chi connectivity index (χ0n) is 17.8. The summed E-state index contributed by atoms with van der Waals surface area (Å²) < 4.78 is 10.7. The first-order valence-corrected chi connectivity index (χ1v) is 10.4. The van der Waals surface area contributed by atoms with E-state index in [0.29, 0.717) is 16.3 Å². The highest BCUT2D eigenvalue weighted by Gasteiger charge is 2.25. The summed E-state index contributed by atoms with van der Waals surface area (Å²) in [6.07, 6.45) is 0. The van der Waals surface area contributed by atoms with E-state index in [1.54, 1.807) is 0 Å². The van der Waals surface area contributed by atoms with Crippen LogP contribution in [0.1, 0.15) is 31.9 Å². The number of carbonyl (C=O) groups excluding carboxylic acids is 2. The molecule has 6 heteroatoms. The molecule has 3 rings (SSSR count). The third kappa shape index (κ3) is 4.54. The predicted molar refractivity (Wildman–Crippen MR) is 121 cm³/mol. The van der Waals surface area contributed by atoms with Crippen molar-refractivity contribution in [1.82, 2.24) is 0 Å². The lowest BCUT2D eigenvalue weighted by atomic mass is 10.0. The van der Waals surface area contributed by atoms with Gasteiger partial charge in [0.1, 0.15) is 16.3 Å². The van der Waals surface area contributed by atoms with Crippen molar-refractivity contribution in [3.05, 3.63) is 69.6 Å². The Morgan fingerprint density at radius 2 is 1.60 bits per heavy atom. The lowest BCUT2D eigenvalue weighted by molar-refractivity contribution is -0.118. The number of aryl methyl sites for hydroxylation is 4. The normalized spacial score (nSPS) is 10.6. The van der Waals surface area contributed by atoms with E-state index in [4.69, 9.17) is 9.47 Å². The van der Waals surface area contributed by atoms with Crippen LogP contribution in [0.15, 0.2) is 42.5 Å². The number of thiophene rings is 1. The zero-order valence-corrected chi connectivity index (χ0v) is 18.6. The summed E-state index contributed by atoms with van der Waals surface area (Å²) in [5.41, 5.74) is 5.10. The number of methoxy groups -OCH3 is 1. The summed E-state index contributed by atoms with van der Waals surface area (Å²) in [5.74, 6) is -0.121. The minimum absolute atomic E-state index is 0.150. The summed E-state index contributed by atoms with van der Waals surface area (Å²) in [4.78, 5) is 26.1. The molecule has 3 aromatic rings. The van der Waals surface area contributed by atoms with Crippen LogP contribution in [-0.2, 0) is 9.53 Å². The second-order valence-corrected chi connectivity index (χ2v) is 8.38. The Hall–Kier alpha value is -3.12. The van der Waals surface area contributed by atoms with Gasteiger partial charge in [-0.2, -0.15) is 0 Å². The molecule has 0 aliphatic heterocycles. The molecule has 0 unspecified atom stereocenters. The van der Waals surface area contributed by atoms with Crippen molar-refractivity contribution in [3.63, 3.8) is 0 Å². The Kier molecular flexibility index (Phi) is 6.57. The van der Waals surface area contributed by atoms with E-state index in [2.05, 4.69) is 5.32 Å². The first-order chi connectivity index (χ1) is 14.3. The van der Waals surface area contributed by atoms with Gasteiger partial charge in [-0.25, -0.2) is 4.79 Å². The largest absolute Gasteiger partial charge is 0.483 e. The van der Waals surface area contributed by atoms with Crippen LogP contribution in [0.25, 0.3) is 11.1 Å². The Morgan fingerprint density at radius 1 is 0.967 bits per heavy atom. The number of esters is 1. The van der Waals surface area contributed by atoms with Crippen molar-refractivity contribution in [2.75, 3.05) is 19.0 Å². The Bertz CT molecular complexity index is 1060. The predicted octanol–water partition coefficient (Wildman–Crippen LogP) is 5.45. The van der Waals surface area contributed by atoms with Crippen LogP contribution >= 0.6 is 11.3 Å². The lowest BCUT2D eigenvalue weighted by Gasteiger charge is -2.12. The highest BCUT2D eigenvalue weighted by molar-refractivity contribution is 7.17. The molecule has 0 bridgehead atoms. The van der Waals surface area contributed by atoms with Gasteiger partial charge in [0.15, 0.2) is 6.61 Å². The second-order valence-electron chi connectivity index (χ2n) is 7.15. The Balaban J connectivity index is 1.86. The summed E-state index contributed by atoms with van der Waals surface area (Å²) in [6.45, 7) is 7.66. The van der Waals surface area contributed by atoms with Gasteiger partial charge in [0.2, 0.25) is 0 Å². The highest BCUT2D eigenvalue weighted by Crippen LogP contribution is 2.40. The van der Waals surface area contributed by atoms with E-state index in [1.165, 1.54) is 18.4 Å². The lowest BCUT2D eigenvalue weighted by Crippen LogP contribution is -2.21. The average Bonchev–Trinajstić information content (AvgIpc) is 3.03. The van der Waals surface area contributed by atoms with Gasteiger partial charge in [0.25, 0.3) is 5.91 Å². The van der Waals surface area contributed by atoms with E-state index >= 15 is 0 Å². The number of nitrogens with one attached hydrogen (secondary N) is 1. The summed E-state index contributed by atoms with van der Waals surface area (Å²) >= 11 is 1.35. The number of benzene rings is 2. The quantitative estimate of drug-likeness (QED) is 0.535. The van der Waals surface area contributed by atoms with E-state index in [9.17, 15) is 9.59 Å². The highest BCUT2D eigenvalue weighted by atomic mass is 32.1. The number of para-hydroxylation sites is 1. The number of ether oxygens (including phenoxy) is 2. The summed E-state index contributed by atoms with van der Waals surface area (Å²) in [6, 6.07) is 13.7. The second kappa shape index (κ2) is 9.13. The van der Waals surface area contributed by atoms with Gasteiger partial charge < -0.3 is 14.8 Å². The topological polar surface area (TPSA) is 64.6 Å². The van der Waals surface area contributed by atoms with Crippen LogP contribution in [0.3, 0.4) is 0 Å². The van der Waals surface area contributed by atoms with Gasteiger partial charge in [0, 0.05) is 10.4 Å².